The number of rotatable bonds is 5. The summed E-state index contributed by atoms with van der Waals surface area (Å²) in [4.78, 5) is 15.0. The van der Waals surface area contributed by atoms with Gasteiger partial charge in [-0.2, -0.15) is 0 Å². The van der Waals surface area contributed by atoms with Gasteiger partial charge in [0.05, 0.1) is 26.0 Å². The highest BCUT2D eigenvalue weighted by molar-refractivity contribution is 5.93. The Hall–Kier alpha value is -2.37. The van der Waals surface area contributed by atoms with Crippen LogP contribution in [-0.4, -0.2) is 32.2 Å². The van der Waals surface area contributed by atoms with Crippen molar-refractivity contribution in [3.63, 3.8) is 0 Å². The molecule has 0 aliphatic rings. The van der Waals surface area contributed by atoms with E-state index >= 15 is 0 Å². The van der Waals surface area contributed by atoms with E-state index in [1.165, 1.54) is 26.4 Å². The molecule has 0 saturated carbocycles. The summed E-state index contributed by atoms with van der Waals surface area (Å²) in [5.74, 6) is -0.866. The number of ether oxygens (including phenoxy) is 2. The topological polar surface area (TPSA) is 60.5 Å². The van der Waals surface area contributed by atoms with Crippen LogP contribution in [0.4, 0.5) is 4.39 Å². The maximum Gasteiger partial charge on any atom is 0.337 e. The third-order valence-electron chi connectivity index (χ3n) is 2.37. The van der Waals surface area contributed by atoms with Gasteiger partial charge in [-0.15, -0.1) is 0 Å². The molecule has 0 spiro atoms. The molecule has 1 aromatic heterocycles. The van der Waals surface area contributed by atoms with Crippen LogP contribution in [0.3, 0.4) is 0 Å². The molecule has 0 aliphatic carbocycles. The Balaban J connectivity index is 3.19. The number of carbonyl (C=O) groups is 1. The summed E-state index contributed by atoms with van der Waals surface area (Å²) in [6.45, 7) is 3.55. The largest absolute Gasteiger partial charge is 0.481 e. The molecule has 1 heterocycles. The van der Waals surface area contributed by atoms with Gasteiger partial charge in [0.15, 0.2) is 5.82 Å². The van der Waals surface area contributed by atoms with Crippen LogP contribution in [0.1, 0.15) is 5.56 Å². The molecule has 1 rings (SSSR count). The van der Waals surface area contributed by atoms with Crippen LogP contribution in [0.25, 0.3) is 5.70 Å². The number of methoxy groups -OCH3 is 2. The molecule has 0 unspecified atom stereocenters. The molecule has 0 atom stereocenters. The standard InChI is InChI=1S/C13H15FN2O3/c1-8(13(17)19-4)5-11(15-2)9-6-12(18-3)16-7-10(9)14/h5-7,15H,1H2,2-4H3/b11-5-. The van der Waals surface area contributed by atoms with Crippen molar-refractivity contribution in [1.29, 1.82) is 0 Å². The fourth-order valence-corrected chi connectivity index (χ4v) is 1.39. The van der Waals surface area contributed by atoms with Crippen LogP contribution in [0, 0.1) is 5.82 Å². The number of hydrogen-bond acceptors (Lipinski definition) is 5. The molecule has 5 nitrogen and oxygen atoms in total. The van der Waals surface area contributed by atoms with E-state index in [0.29, 0.717) is 5.70 Å². The lowest BCUT2D eigenvalue weighted by molar-refractivity contribution is -0.135. The lowest BCUT2D eigenvalue weighted by Crippen LogP contribution is -2.10. The predicted molar refractivity (Wildman–Crippen MR) is 68.9 cm³/mol. The Morgan fingerprint density at radius 3 is 2.74 bits per heavy atom. The fraction of sp³-hybridized carbons (Fsp3) is 0.231. The summed E-state index contributed by atoms with van der Waals surface area (Å²) in [5, 5.41) is 2.79. The molecule has 0 aromatic carbocycles. The molecule has 0 radical (unpaired) electrons. The van der Waals surface area contributed by atoms with Crippen LogP contribution in [0.2, 0.25) is 0 Å². The third-order valence-corrected chi connectivity index (χ3v) is 2.37. The minimum Gasteiger partial charge on any atom is -0.481 e. The van der Waals surface area contributed by atoms with E-state index in [0.717, 1.165) is 6.20 Å². The predicted octanol–water partition coefficient (Wildman–Crippen LogP) is 1.52. The van der Waals surface area contributed by atoms with Gasteiger partial charge in [-0.05, 0) is 6.08 Å². The lowest BCUT2D eigenvalue weighted by Gasteiger charge is -2.10. The SMILES string of the molecule is C=C(/C=C(\NC)c1cc(OC)ncc1F)C(=O)OC. The number of halogens is 1. The number of nitrogens with zero attached hydrogens (tertiary/aromatic N) is 1. The van der Waals surface area contributed by atoms with Gasteiger partial charge in [0.1, 0.15) is 0 Å². The molecule has 0 fully saturated rings. The van der Waals surface area contributed by atoms with Crippen LogP contribution in [0.5, 0.6) is 5.88 Å². The summed E-state index contributed by atoms with van der Waals surface area (Å²) in [6.07, 6.45) is 2.43. The van der Waals surface area contributed by atoms with Gasteiger partial charge in [0.2, 0.25) is 5.88 Å². The van der Waals surface area contributed by atoms with Gasteiger partial charge in [0.25, 0.3) is 0 Å². The maximum atomic E-state index is 13.7. The smallest absolute Gasteiger partial charge is 0.337 e. The number of pyridine rings is 1. The Kier molecular flexibility index (Phi) is 5.05. The number of hydrogen-bond donors (Lipinski definition) is 1. The monoisotopic (exact) mass is 266 g/mol. The van der Waals surface area contributed by atoms with Crippen molar-refractivity contribution in [2.24, 2.45) is 0 Å². The summed E-state index contributed by atoms with van der Waals surface area (Å²) < 4.78 is 23.2. The second-order valence-corrected chi connectivity index (χ2v) is 3.53. The van der Waals surface area contributed by atoms with Crippen LogP contribution < -0.4 is 10.1 Å². The highest BCUT2D eigenvalue weighted by atomic mass is 19.1. The number of esters is 1. The van der Waals surface area contributed by atoms with E-state index < -0.39 is 11.8 Å². The van der Waals surface area contributed by atoms with Crippen molar-refractivity contribution in [3.8, 4) is 5.88 Å². The summed E-state index contributed by atoms with van der Waals surface area (Å²) in [7, 11) is 4.28. The third kappa shape index (κ3) is 3.54. The Morgan fingerprint density at radius 1 is 1.53 bits per heavy atom. The van der Waals surface area contributed by atoms with E-state index in [4.69, 9.17) is 4.74 Å². The molecule has 0 saturated heterocycles. The molecule has 1 aromatic rings. The molecule has 19 heavy (non-hydrogen) atoms. The van der Waals surface area contributed by atoms with Crippen molar-refractivity contribution in [2.75, 3.05) is 21.3 Å². The first kappa shape index (κ1) is 14.7. The van der Waals surface area contributed by atoms with Gasteiger partial charge >= 0.3 is 5.97 Å². The van der Waals surface area contributed by atoms with Crippen molar-refractivity contribution in [2.45, 2.75) is 0 Å². The lowest BCUT2D eigenvalue weighted by atomic mass is 10.1. The van der Waals surface area contributed by atoms with Gasteiger partial charge in [0, 0.05) is 24.4 Å². The first-order valence-corrected chi connectivity index (χ1v) is 5.40. The van der Waals surface area contributed by atoms with Crippen molar-refractivity contribution < 1.29 is 18.7 Å². The number of aromatic nitrogens is 1. The number of nitrogens with one attached hydrogen (secondary N) is 1. The highest BCUT2D eigenvalue weighted by Crippen LogP contribution is 2.20. The zero-order chi connectivity index (χ0) is 14.4. The molecule has 6 heteroatoms. The Bertz CT molecular complexity index is 527. The van der Waals surface area contributed by atoms with E-state index in [-0.39, 0.29) is 17.0 Å². The zero-order valence-electron chi connectivity index (χ0n) is 11.0. The van der Waals surface area contributed by atoms with Gasteiger partial charge in [-0.3, -0.25) is 0 Å². The summed E-state index contributed by atoms with van der Waals surface area (Å²) in [6, 6.07) is 1.42. The average molecular weight is 266 g/mol. The van der Waals surface area contributed by atoms with Gasteiger partial charge in [-0.25, -0.2) is 14.2 Å². The molecule has 0 amide bonds. The van der Waals surface area contributed by atoms with Gasteiger partial charge < -0.3 is 14.8 Å². The summed E-state index contributed by atoms with van der Waals surface area (Å²) >= 11 is 0. The second kappa shape index (κ2) is 6.53. The normalized spacial score (nSPS) is 10.8. The maximum absolute atomic E-state index is 13.7. The van der Waals surface area contributed by atoms with Crippen LogP contribution >= 0.6 is 0 Å². The Labute approximate surface area is 110 Å². The molecule has 0 bridgehead atoms. The van der Waals surface area contributed by atoms with Crippen molar-refractivity contribution in [1.82, 2.24) is 10.3 Å². The Morgan fingerprint density at radius 2 is 2.21 bits per heavy atom. The minimum atomic E-state index is -0.589. The second-order valence-electron chi connectivity index (χ2n) is 3.53. The molecule has 0 aliphatic heterocycles. The van der Waals surface area contributed by atoms with Gasteiger partial charge in [-0.1, -0.05) is 6.58 Å². The van der Waals surface area contributed by atoms with Crippen molar-refractivity contribution in [3.05, 3.63) is 41.9 Å². The highest BCUT2D eigenvalue weighted by Gasteiger charge is 2.12. The zero-order valence-corrected chi connectivity index (χ0v) is 11.0. The van der Waals surface area contributed by atoms with Crippen LogP contribution in [0.15, 0.2) is 30.5 Å². The first-order chi connectivity index (χ1) is 9.03. The fourth-order valence-electron chi connectivity index (χ4n) is 1.39. The molecular formula is C13H15FN2O3. The number of carbonyl (C=O) groups excluding carboxylic acids is 1. The molecule has 102 valence electrons. The van der Waals surface area contributed by atoms with Crippen molar-refractivity contribution >= 4 is 11.7 Å². The first-order valence-electron chi connectivity index (χ1n) is 5.40. The van der Waals surface area contributed by atoms with E-state index in [1.54, 1.807) is 7.05 Å². The quantitative estimate of drug-likeness (QED) is 0.497. The van der Waals surface area contributed by atoms with E-state index in [2.05, 4.69) is 21.6 Å². The minimum absolute atomic E-state index is 0.0991. The average Bonchev–Trinajstić information content (AvgIpc) is 2.44. The van der Waals surface area contributed by atoms with E-state index in [9.17, 15) is 9.18 Å². The molecular weight excluding hydrogens is 251 g/mol. The van der Waals surface area contributed by atoms with Crippen LogP contribution in [-0.2, 0) is 9.53 Å². The van der Waals surface area contributed by atoms with E-state index in [1.807, 2.05) is 0 Å². The molecule has 1 N–H and O–H groups in total. The summed E-state index contributed by atoms with van der Waals surface area (Å²) in [5.41, 5.74) is 0.690.